The number of H-pyrrole nitrogens is 1. The highest BCUT2D eigenvalue weighted by Gasteiger charge is 2.11. The molecule has 0 aliphatic rings. The van der Waals surface area contributed by atoms with Crippen molar-refractivity contribution in [2.45, 2.75) is 40.0 Å². The molecule has 108 valence electrons. The highest BCUT2D eigenvalue weighted by atomic mass is 16.1. The molecule has 1 amide bonds. The first-order chi connectivity index (χ1) is 9.61. The van der Waals surface area contributed by atoms with E-state index in [4.69, 9.17) is 0 Å². The summed E-state index contributed by atoms with van der Waals surface area (Å²) >= 11 is 0. The lowest BCUT2D eigenvalue weighted by molar-refractivity contribution is -0.124. The molecule has 0 aliphatic carbocycles. The van der Waals surface area contributed by atoms with E-state index in [2.05, 4.69) is 42.3 Å². The summed E-state index contributed by atoms with van der Waals surface area (Å²) < 4.78 is 0. The highest BCUT2D eigenvalue weighted by Crippen LogP contribution is 2.19. The molecule has 1 aromatic heterocycles. The van der Waals surface area contributed by atoms with Crippen LogP contribution in [-0.2, 0) is 11.2 Å². The van der Waals surface area contributed by atoms with Crippen LogP contribution in [0.5, 0.6) is 0 Å². The fourth-order valence-electron chi connectivity index (χ4n) is 2.56. The van der Waals surface area contributed by atoms with Gasteiger partial charge in [-0.15, -0.1) is 0 Å². The van der Waals surface area contributed by atoms with E-state index < -0.39 is 0 Å². The van der Waals surface area contributed by atoms with E-state index in [9.17, 15) is 4.79 Å². The Balaban J connectivity index is 1.93. The number of hydrogen-bond donors (Lipinski definition) is 2. The van der Waals surface area contributed by atoms with Crippen molar-refractivity contribution in [3.05, 3.63) is 35.5 Å². The summed E-state index contributed by atoms with van der Waals surface area (Å²) in [6.45, 7) is 6.91. The van der Waals surface area contributed by atoms with Gasteiger partial charge in [-0.3, -0.25) is 4.79 Å². The molecule has 3 heteroatoms. The van der Waals surface area contributed by atoms with Crippen LogP contribution in [-0.4, -0.2) is 17.4 Å². The van der Waals surface area contributed by atoms with Gasteiger partial charge in [-0.25, -0.2) is 0 Å². The van der Waals surface area contributed by atoms with Crippen molar-refractivity contribution in [2.24, 2.45) is 5.92 Å². The Morgan fingerprint density at radius 2 is 2.20 bits per heavy atom. The summed E-state index contributed by atoms with van der Waals surface area (Å²) in [6, 6.07) is 6.41. The molecule has 1 aromatic carbocycles. The summed E-state index contributed by atoms with van der Waals surface area (Å²) in [5.41, 5.74) is 3.70. The van der Waals surface area contributed by atoms with Crippen LogP contribution in [0, 0.1) is 12.8 Å². The van der Waals surface area contributed by atoms with Crippen LogP contribution in [0.4, 0.5) is 0 Å². The standard InChI is InChI=1S/C17H24N2O/c1-4-5-13(3)17(20)18-9-8-14-11-19-16-7-6-12(2)10-15(14)16/h6-7,10-11,13,19H,4-5,8-9H2,1-3H3,(H,18,20). The fraction of sp³-hybridized carbons (Fsp3) is 0.471. The molecule has 0 spiro atoms. The summed E-state index contributed by atoms with van der Waals surface area (Å²) in [6.07, 6.45) is 4.92. The molecule has 3 nitrogen and oxygen atoms in total. The van der Waals surface area contributed by atoms with E-state index in [0.29, 0.717) is 6.54 Å². The van der Waals surface area contributed by atoms with Gasteiger partial charge in [0.25, 0.3) is 0 Å². The number of aryl methyl sites for hydroxylation is 1. The molecule has 2 rings (SSSR count). The van der Waals surface area contributed by atoms with E-state index in [1.54, 1.807) is 0 Å². The fourth-order valence-corrected chi connectivity index (χ4v) is 2.56. The number of carbonyl (C=O) groups excluding carboxylic acids is 1. The molecule has 2 N–H and O–H groups in total. The Bertz CT molecular complexity index is 586. The molecule has 1 unspecified atom stereocenters. The minimum absolute atomic E-state index is 0.116. The molecule has 1 heterocycles. The first-order valence-corrected chi connectivity index (χ1v) is 7.46. The van der Waals surface area contributed by atoms with Gasteiger partial charge in [0, 0.05) is 29.6 Å². The third-order valence-electron chi connectivity index (χ3n) is 3.79. The minimum atomic E-state index is 0.116. The van der Waals surface area contributed by atoms with Crippen molar-refractivity contribution in [3.8, 4) is 0 Å². The zero-order valence-electron chi connectivity index (χ0n) is 12.6. The Morgan fingerprint density at radius 3 is 2.95 bits per heavy atom. The van der Waals surface area contributed by atoms with E-state index in [0.717, 1.165) is 24.8 Å². The maximum absolute atomic E-state index is 11.9. The molecule has 20 heavy (non-hydrogen) atoms. The van der Waals surface area contributed by atoms with Gasteiger partial charge in [0.2, 0.25) is 5.91 Å². The van der Waals surface area contributed by atoms with Crippen molar-refractivity contribution >= 4 is 16.8 Å². The van der Waals surface area contributed by atoms with E-state index in [-0.39, 0.29) is 11.8 Å². The van der Waals surface area contributed by atoms with Crippen molar-refractivity contribution < 1.29 is 4.79 Å². The molecule has 0 radical (unpaired) electrons. The second-order valence-electron chi connectivity index (χ2n) is 5.59. The average molecular weight is 272 g/mol. The number of aromatic nitrogens is 1. The monoisotopic (exact) mass is 272 g/mol. The number of nitrogens with one attached hydrogen (secondary N) is 2. The van der Waals surface area contributed by atoms with Gasteiger partial charge in [0.1, 0.15) is 0 Å². The third-order valence-corrected chi connectivity index (χ3v) is 3.79. The number of carbonyl (C=O) groups is 1. The quantitative estimate of drug-likeness (QED) is 0.829. The lowest BCUT2D eigenvalue weighted by Crippen LogP contribution is -2.30. The maximum atomic E-state index is 11.9. The molecule has 0 saturated heterocycles. The van der Waals surface area contributed by atoms with Gasteiger partial charge in [-0.2, -0.15) is 0 Å². The van der Waals surface area contributed by atoms with Crippen LogP contribution in [0.15, 0.2) is 24.4 Å². The molecule has 0 saturated carbocycles. The first-order valence-electron chi connectivity index (χ1n) is 7.46. The average Bonchev–Trinajstić information content (AvgIpc) is 2.81. The molecular formula is C17H24N2O. The van der Waals surface area contributed by atoms with E-state index >= 15 is 0 Å². The molecule has 0 aliphatic heterocycles. The van der Waals surface area contributed by atoms with Crippen LogP contribution in [0.2, 0.25) is 0 Å². The van der Waals surface area contributed by atoms with Crippen LogP contribution < -0.4 is 5.32 Å². The molecule has 1 atom stereocenters. The second kappa shape index (κ2) is 6.60. The number of benzene rings is 1. The highest BCUT2D eigenvalue weighted by molar-refractivity contribution is 5.84. The zero-order chi connectivity index (χ0) is 14.5. The summed E-state index contributed by atoms with van der Waals surface area (Å²) in [5.74, 6) is 0.285. The predicted molar refractivity (Wildman–Crippen MR) is 83.8 cm³/mol. The van der Waals surface area contributed by atoms with E-state index in [1.165, 1.54) is 16.5 Å². The Labute approximate surface area is 120 Å². The minimum Gasteiger partial charge on any atom is -0.361 e. The number of fused-ring (bicyclic) bond motifs is 1. The van der Waals surface area contributed by atoms with Crippen LogP contribution in [0.1, 0.15) is 37.8 Å². The van der Waals surface area contributed by atoms with Crippen LogP contribution in [0.3, 0.4) is 0 Å². The Hall–Kier alpha value is -1.77. The second-order valence-corrected chi connectivity index (χ2v) is 5.59. The van der Waals surface area contributed by atoms with E-state index in [1.807, 2.05) is 13.1 Å². The molecular weight excluding hydrogens is 248 g/mol. The van der Waals surface area contributed by atoms with Gasteiger partial charge in [0.05, 0.1) is 0 Å². The van der Waals surface area contributed by atoms with Crippen molar-refractivity contribution in [1.29, 1.82) is 0 Å². The first kappa shape index (κ1) is 14.6. The summed E-state index contributed by atoms with van der Waals surface area (Å²) in [5, 5.41) is 4.30. The summed E-state index contributed by atoms with van der Waals surface area (Å²) in [4.78, 5) is 15.1. The van der Waals surface area contributed by atoms with Gasteiger partial charge in [-0.1, -0.05) is 31.9 Å². The number of hydrogen-bond acceptors (Lipinski definition) is 1. The number of amides is 1. The predicted octanol–water partition coefficient (Wildman–Crippen LogP) is 3.57. The SMILES string of the molecule is CCCC(C)C(=O)NCCc1c[nH]c2ccc(C)cc12. The lowest BCUT2D eigenvalue weighted by atomic mass is 10.1. The maximum Gasteiger partial charge on any atom is 0.222 e. The normalized spacial score (nSPS) is 12.6. The van der Waals surface area contributed by atoms with Crippen molar-refractivity contribution in [2.75, 3.05) is 6.54 Å². The lowest BCUT2D eigenvalue weighted by Gasteiger charge is -2.10. The molecule has 0 fully saturated rings. The molecule has 0 bridgehead atoms. The largest absolute Gasteiger partial charge is 0.361 e. The third kappa shape index (κ3) is 3.41. The van der Waals surface area contributed by atoms with Gasteiger partial charge < -0.3 is 10.3 Å². The van der Waals surface area contributed by atoms with Gasteiger partial charge >= 0.3 is 0 Å². The molecule has 2 aromatic rings. The van der Waals surface area contributed by atoms with Gasteiger partial charge in [-0.05, 0) is 37.5 Å². The van der Waals surface area contributed by atoms with Crippen LogP contribution in [0.25, 0.3) is 10.9 Å². The van der Waals surface area contributed by atoms with Gasteiger partial charge in [0.15, 0.2) is 0 Å². The smallest absolute Gasteiger partial charge is 0.222 e. The summed E-state index contributed by atoms with van der Waals surface area (Å²) in [7, 11) is 0. The number of aromatic amines is 1. The van der Waals surface area contributed by atoms with Crippen LogP contribution >= 0.6 is 0 Å². The Morgan fingerprint density at radius 1 is 1.40 bits per heavy atom. The van der Waals surface area contributed by atoms with Crippen molar-refractivity contribution in [3.63, 3.8) is 0 Å². The topological polar surface area (TPSA) is 44.9 Å². The Kier molecular flexibility index (Phi) is 4.83. The van der Waals surface area contributed by atoms with Crippen molar-refractivity contribution in [1.82, 2.24) is 10.3 Å². The number of rotatable bonds is 6. The zero-order valence-corrected chi connectivity index (χ0v) is 12.6.